The van der Waals surface area contributed by atoms with Gasteiger partial charge in [0.05, 0.1) is 5.56 Å². The number of nitrogens with zero attached hydrogens (tertiary/aromatic N) is 1. The Morgan fingerprint density at radius 1 is 1.44 bits per heavy atom. The molecule has 0 spiro atoms. The zero-order chi connectivity index (χ0) is 13.0. The molecule has 1 aliphatic carbocycles. The quantitative estimate of drug-likeness (QED) is 0.877. The lowest BCUT2D eigenvalue weighted by molar-refractivity contribution is 0.293. The fraction of sp³-hybridized carbons (Fsp3) is 0.533. The maximum Gasteiger partial charge on any atom is 0.143 e. The molecule has 18 heavy (non-hydrogen) atoms. The molecule has 1 fully saturated rings. The van der Waals surface area contributed by atoms with Crippen LogP contribution in [0.1, 0.15) is 38.2 Å². The number of nitrogens with one attached hydrogen (secondary N) is 1. The molecular formula is C15H19FN2. The third kappa shape index (κ3) is 3.22. The summed E-state index contributed by atoms with van der Waals surface area (Å²) in [4.78, 5) is 0. The summed E-state index contributed by atoms with van der Waals surface area (Å²) in [7, 11) is 0. The first-order chi connectivity index (χ1) is 8.69. The lowest BCUT2D eigenvalue weighted by Gasteiger charge is -2.27. The second-order valence-electron chi connectivity index (χ2n) is 5.33. The van der Waals surface area contributed by atoms with E-state index in [0.717, 1.165) is 18.2 Å². The van der Waals surface area contributed by atoms with Gasteiger partial charge in [-0.1, -0.05) is 19.8 Å². The molecule has 0 aliphatic heterocycles. The van der Waals surface area contributed by atoms with E-state index in [1.54, 1.807) is 6.07 Å². The monoisotopic (exact) mass is 246 g/mol. The van der Waals surface area contributed by atoms with Crippen molar-refractivity contribution in [1.29, 1.82) is 5.26 Å². The lowest BCUT2D eigenvalue weighted by Crippen LogP contribution is -2.21. The van der Waals surface area contributed by atoms with Crippen LogP contribution in [-0.4, -0.2) is 6.54 Å². The molecule has 0 radical (unpaired) electrons. The Balaban J connectivity index is 1.90. The number of benzene rings is 1. The van der Waals surface area contributed by atoms with Crippen molar-refractivity contribution in [2.24, 2.45) is 11.8 Å². The summed E-state index contributed by atoms with van der Waals surface area (Å²) >= 11 is 0. The van der Waals surface area contributed by atoms with Crippen LogP contribution in [0.15, 0.2) is 18.2 Å². The van der Waals surface area contributed by atoms with Crippen LogP contribution in [0.4, 0.5) is 10.1 Å². The Morgan fingerprint density at radius 2 is 2.28 bits per heavy atom. The standard InChI is InChI=1S/C15H19FN2/c1-11-3-2-4-12(7-11)10-18-14-6-5-13(9-17)15(16)8-14/h5-6,8,11-12,18H,2-4,7,10H2,1H3. The van der Waals surface area contributed by atoms with E-state index in [0.29, 0.717) is 5.92 Å². The first kappa shape index (κ1) is 12.9. The van der Waals surface area contributed by atoms with Gasteiger partial charge in [0.1, 0.15) is 11.9 Å². The predicted octanol–water partition coefficient (Wildman–Crippen LogP) is 3.94. The zero-order valence-electron chi connectivity index (χ0n) is 10.7. The van der Waals surface area contributed by atoms with Crippen molar-refractivity contribution in [3.8, 4) is 6.07 Å². The molecule has 96 valence electrons. The highest BCUT2D eigenvalue weighted by Crippen LogP contribution is 2.28. The van der Waals surface area contributed by atoms with Crippen molar-refractivity contribution >= 4 is 5.69 Å². The van der Waals surface area contributed by atoms with Gasteiger partial charge in [0, 0.05) is 12.2 Å². The van der Waals surface area contributed by atoms with Crippen LogP contribution in [0.5, 0.6) is 0 Å². The smallest absolute Gasteiger partial charge is 0.143 e. The first-order valence-electron chi connectivity index (χ1n) is 6.62. The molecule has 1 aromatic carbocycles. The maximum absolute atomic E-state index is 13.4. The molecule has 2 atom stereocenters. The van der Waals surface area contributed by atoms with Crippen LogP contribution < -0.4 is 5.32 Å². The largest absolute Gasteiger partial charge is 0.385 e. The molecule has 1 saturated carbocycles. The third-order valence-electron chi connectivity index (χ3n) is 3.73. The maximum atomic E-state index is 13.4. The predicted molar refractivity (Wildman–Crippen MR) is 70.7 cm³/mol. The van der Waals surface area contributed by atoms with Crippen molar-refractivity contribution in [2.75, 3.05) is 11.9 Å². The van der Waals surface area contributed by atoms with Gasteiger partial charge in [-0.15, -0.1) is 0 Å². The highest BCUT2D eigenvalue weighted by Gasteiger charge is 2.18. The molecule has 1 N–H and O–H groups in total. The van der Waals surface area contributed by atoms with Gasteiger partial charge >= 0.3 is 0 Å². The van der Waals surface area contributed by atoms with E-state index in [2.05, 4.69) is 12.2 Å². The van der Waals surface area contributed by atoms with Crippen LogP contribution in [0.2, 0.25) is 0 Å². The van der Waals surface area contributed by atoms with Crippen LogP contribution in [0.25, 0.3) is 0 Å². The van der Waals surface area contributed by atoms with Gasteiger partial charge in [0.25, 0.3) is 0 Å². The summed E-state index contributed by atoms with van der Waals surface area (Å²) in [6.45, 7) is 3.20. The summed E-state index contributed by atoms with van der Waals surface area (Å²) in [5.41, 5.74) is 0.872. The minimum atomic E-state index is -0.445. The molecule has 0 aromatic heterocycles. The first-order valence-corrected chi connectivity index (χ1v) is 6.62. The second kappa shape index (κ2) is 5.86. The molecule has 1 aromatic rings. The van der Waals surface area contributed by atoms with Crippen LogP contribution >= 0.6 is 0 Å². The van der Waals surface area contributed by atoms with E-state index >= 15 is 0 Å². The van der Waals surface area contributed by atoms with Gasteiger partial charge in [-0.3, -0.25) is 0 Å². The van der Waals surface area contributed by atoms with Crippen molar-refractivity contribution in [1.82, 2.24) is 0 Å². The topological polar surface area (TPSA) is 35.8 Å². The SMILES string of the molecule is CC1CCCC(CNc2ccc(C#N)c(F)c2)C1. The molecule has 0 saturated heterocycles. The summed E-state index contributed by atoms with van der Waals surface area (Å²) < 4.78 is 13.4. The highest BCUT2D eigenvalue weighted by atomic mass is 19.1. The molecule has 2 nitrogen and oxygen atoms in total. The van der Waals surface area contributed by atoms with Gasteiger partial charge < -0.3 is 5.32 Å². The summed E-state index contributed by atoms with van der Waals surface area (Å²) in [6.07, 6.45) is 5.15. The van der Waals surface area contributed by atoms with Crippen molar-refractivity contribution in [3.63, 3.8) is 0 Å². The number of hydrogen-bond acceptors (Lipinski definition) is 2. The minimum Gasteiger partial charge on any atom is -0.385 e. The summed E-state index contributed by atoms with van der Waals surface area (Å²) in [5.74, 6) is 1.05. The van der Waals surface area contributed by atoms with E-state index in [-0.39, 0.29) is 5.56 Å². The summed E-state index contributed by atoms with van der Waals surface area (Å²) in [5, 5.41) is 11.9. The second-order valence-corrected chi connectivity index (χ2v) is 5.33. The van der Waals surface area contributed by atoms with Crippen molar-refractivity contribution in [2.45, 2.75) is 32.6 Å². The van der Waals surface area contributed by atoms with Gasteiger partial charge in [0.2, 0.25) is 0 Å². The van der Waals surface area contributed by atoms with Crippen molar-refractivity contribution in [3.05, 3.63) is 29.6 Å². The Hall–Kier alpha value is -1.56. The van der Waals surface area contributed by atoms with E-state index in [1.165, 1.54) is 37.8 Å². The van der Waals surface area contributed by atoms with E-state index in [9.17, 15) is 4.39 Å². The number of anilines is 1. The summed E-state index contributed by atoms with van der Waals surface area (Å²) in [6, 6.07) is 6.54. The van der Waals surface area contributed by atoms with E-state index in [4.69, 9.17) is 5.26 Å². The molecule has 3 heteroatoms. The number of rotatable bonds is 3. The Morgan fingerprint density at radius 3 is 2.94 bits per heavy atom. The van der Waals surface area contributed by atoms with Crippen LogP contribution in [0.3, 0.4) is 0 Å². The molecule has 1 aliphatic rings. The van der Waals surface area contributed by atoms with E-state index in [1.807, 2.05) is 6.07 Å². The molecule has 2 unspecified atom stereocenters. The lowest BCUT2D eigenvalue weighted by atomic mass is 9.82. The molecule has 2 rings (SSSR count). The van der Waals surface area contributed by atoms with Crippen molar-refractivity contribution < 1.29 is 4.39 Å². The minimum absolute atomic E-state index is 0.104. The Bertz CT molecular complexity index is 450. The highest BCUT2D eigenvalue weighted by molar-refractivity contribution is 5.48. The average Bonchev–Trinajstić information content (AvgIpc) is 2.37. The third-order valence-corrected chi connectivity index (χ3v) is 3.73. The van der Waals surface area contributed by atoms with Gasteiger partial charge in [-0.05, 0) is 42.9 Å². The fourth-order valence-electron chi connectivity index (χ4n) is 2.72. The Labute approximate surface area is 108 Å². The molecular weight excluding hydrogens is 227 g/mol. The molecule has 0 heterocycles. The van der Waals surface area contributed by atoms with Gasteiger partial charge in [-0.25, -0.2) is 4.39 Å². The van der Waals surface area contributed by atoms with Crippen LogP contribution in [-0.2, 0) is 0 Å². The Kier molecular flexibility index (Phi) is 4.19. The van der Waals surface area contributed by atoms with Gasteiger partial charge in [-0.2, -0.15) is 5.26 Å². The zero-order valence-corrected chi connectivity index (χ0v) is 10.7. The number of nitriles is 1. The van der Waals surface area contributed by atoms with Gasteiger partial charge in [0.15, 0.2) is 0 Å². The van der Waals surface area contributed by atoms with Crippen LogP contribution in [0, 0.1) is 29.0 Å². The number of hydrogen-bond donors (Lipinski definition) is 1. The normalized spacial score (nSPS) is 23.4. The average molecular weight is 246 g/mol. The van der Waals surface area contributed by atoms with E-state index < -0.39 is 5.82 Å². The molecule has 0 amide bonds. The fourth-order valence-corrected chi connectivity index (χ4v) is 2.72. The molecule has 0 bridgehead atoms. The number of halogens is 1.